The lowest BCUT2D eigenvalue weighted by atomic mass is 10.1. The number of carbonyl (C=O) groups is 1. The van der Waals surface area contributed by atoms with Crippen LogP contribution in [0.5, 0.6) is 11.5 Å². The molecule has 0 radical (unpaired) electrons. The first-order valence-electron chi connectivity index (χ1n) is 10.1. The molecule has 1 saturated heterocycles. The van der Waals surface area contributed by atoms with Crippen LogP contribution in [0.3, 0.4) is 0 Å². The van der Waals surface area contributed by atoms with Crippen LogP contribution in [-0.4, -0.2) is 59.3 Å². The molecule has 1 fully saturated rings. The van der Waals surface area contributed by atoms with E-state index in [0.717, 1.165) is 4.57 Å². The smallest absolute Gasteiger partial charge is 0.332 e. The zero-order chi connectivity index (χ0) is 21.8. The van der Waals surface area contributed by atoms with Crippen molar-refractivity contribution in [3.8, 4) is 11.5 Å². The molecule has 1 aliphatic heterocycles. The van der Waals surface area contributed by atoms with Crippen LogP contribution in [-0.2, 0) is 14.1 Å². The fraction of sp³-hybridized carbons (Fsp3) is 0.476. The Kier molecular flexibility index (Phi) is 6.49. The average molecular weight is 416 g/mol. The number of piperazine rings is 1. The van der Waals surface area contributed by atoms with Crippen LogP contribution in [0, 0.1) is 0 Å². The summed E-state index contributed by atoms with van der Waals surface area (Å²) >= 11 is 0. The van der Waals surface area contributed by atoms with E-state index in [4.69, 9.17) is 9.47 Å². The third-order valence-corrected chi connectivity index (χ3v) is 5.18. The van der Waals surface area contributed by atoms with Gasteiger partial charge >= 0.3 is 5.69 Å². The molecule has 0 atom stereocenters. The Balaban J connectivity index is 1.74. The number of nitrogens with zero attached hydrogens (tertiary/aromatic N) is 4. The van der Waals surface area contributed by atoms with Gasteiger partial charge in [-0.25, -0.2) is 4.79 Å². The Bertz CT molecular complexity index is 1030. The lowest BCUT2D eigenvalue weighted by Gasteiger charge is -2.36. The van der Waals surface area contributed by atoms with Gasteiger partial charge in [0.2, 0.25) is 0 Å². The maximum absolute atomic E-state index is 13.0. The Morgan fingerprint density at radius 1 is 0.900 bits per heavy atom. The summed E-state index contributed by atoms with van der Waals surface area (Å²) in [6, 6.07) is 6.67. The molecule has 0 N–H and O–H groups in total. The first-order chi connectivity index (χ1) is 14.4. The van der Waals surface area contributed by atoms with Gasteiger partial charge in [0, 0.05) is 51.9 Å². The first kappa shape index (κ1) is 21.5. The minimum absolute atomic E-state index is 0.0866. The quantitative estimate of drug-likeness (QED) is 0.694. The molecule has 9 heteroatoms. The second-order valence-corrected chi connectivity index (χ2v) is 7.05. The van der Waals surface area contributed by atoms with Gasteiger partial charge in [0.15, 0.2) is 11.5 Å². The summed E-state index contributed by atoms with van der Waals surface area (Å²) in [5.74, 6) is 1.65. The number of anilines is 1. The van der Waals surface area contributed by atoms with Crippen molar-refractivity contribution in [3.05, 3.63) is 50.7 Å². The number of aromatic nitrogens is 2. The Hall–Kier alpha value is -3.23. The highest BCUT2D eigenvalue weighted by Crippen LogP contribution is 2.29. The van der Waals surface area contributed by atoms with Crippen LogP contribution in [0.2, 0.25) is 0 Å². The van der Waals surface area contributed by atoms with Crippen LogP contribution in [0.25, 0.3) is 0 Å². The Labute approximate surface area is 175 Å². The predicted molar refractivity (Wildman–Crippen MR) is 114 cm³/mol. The van der Waals surface area contributed by atoms with Gasteiger partial charge in [-0.1, -0.05) is 0 Å². The molecular weight excluding hydrogens is 388 g/mol. The fourth-order valence-electron chi connectivity index (χ4n) is 3.53. The van der Waals surface area contributed by atoms with Crippen molar-refractivity contribution in [2.75, 3.05) is 44.3 Å². The summed E-state index contributed by atoms with van der Waals surface area (Å²) in [6.45, 7) is 6.80. The SMILES string of the molecule is CCOc1ccc(C(=O)N2CCN(c3cc(=O)n(C)c(=O)n3C)CC2)cc1OCC. The monoisotopic (exact) mass is 416 g/mol. The van der Waals surface area contributed by atoms with Gasteiger partial charge in [-0.2, -0.15) is 0 Å². The molecule has 3 rings (SSSR count). The van der Waals surface area contributed by atoms with Crippen molar-refractivity contribution in [3.63, 3.8) is 0 Å². The number of amides is 1. The predicted octanol–water partition coefficient (Wildman–Crippen LogP) is 0.844. The fourth-order valence-corrected chi connectivity index (χ4v) is 3.53. The number of ether oxygens (including phenoxy) is 2. The highest BCUT2D eigenvalue weighted by Gasteiger charge is 2.25. The van der Waals surface area contributed by atoms with Gasteiger partial charge in [0.1, 0.15) is 5.82 Å². The molecule has 0 saturated carbocycles. The molecule has 0 unspecified atom stereocenters. The molecule has 0 bridgehead atoms. The van der Waals surface area contributed by atoms with E-state index in [1.807, 2.05) is 18.7 Å². The minimum atomic E-state index is -0.367. The number of benzene rings is 1. The molecule has 162 valence electrons. The number of rotatable bonds is 6. The van der Waals surface area contributed by atoms with Crippen LogP contribution in [0.4, 0.5) is 5.82 Å². The molecule has 1 aromatic heterocycles. The molecule has 1 aliphatic rings. The first-order valence-corrected chi connectivity index (χ1v) is 10.1. The van der Waals surface area contributed by atoms with E-state index in [1.54, 1.807) is 30.1 Å². The summed E-state index contributed by atoms with van der Waals surface area (Å²) in [5.41, 5.74) is -0.172. The number of hydrogen-bond donors (Lipinski definition) is 0. The largest absolute Gasteiger partial charge is 0.490 e. The van der Waals surface area contributed by atoms with E-state index in [2.05, 4.69) is 0 Å². The molecule has 1 amide bonds. The van der Waals surface area contributed by atoms with Gasteiger partial charge < -0.3 is 19.3 Å². The maximum Gasteiger partial charge on any atom is 0.332 e. The van der Waals surface area contributed by atoms with Gasteiger partial charge in [-0.3, -0.25) is 18.7 Å². The second kappa shape index (κ2) is 9.06. The van der Waals surface area contributed by atoms with E-state index in [1.165, 1.54) is 17.7 Å². The van der Waals surface area contributed by atoms with E-state index >= 15 is 0 Å². The van der Waals surface area contributed by atoms with Gasteiger partial charge in [0.05, 0.1) is 13.2 Å². The summed E-state index contributed by atoms with van der Waals surface area (Å²) in [7, 11) is 3.10. The number of hydrogen-bond acceptors (Lipinski definition) is 6. The number of carbonyl (C=O) groups excluding carboxylic acids is 1. The van der Waals surface area contributed by atoms with Crippen molar-refractivity contribution in [1.29, 1.82) is 0 Å². The summed E-state index contributed by atoms with van der Waals surface area (Å²) in [6.07, 6.45) is 0. The third kappa shape index (κ3) is 4.19. The van der Waals surface area contributed by atoms with Gasteiger partial charge in [-0.05, 0) is 32.0 Å². The van der Waals surface area contributed by atoms with E-state index in [-0.39, 0.29) is 17.2 Å². The van der Waals surface area contributed by atoms with E-state index in [0.29, 0.717) is 62.3 Å². The second-order valence-electron chi connectivity index (χ2n) is 7.05. The molecule has 1 aromatic carbocycles. The molecule has 0 spiro atoms. The third-order valence-electron chi connectivity index (χ3n) is 5.18. The summed E-state index contributed by atoms with van der Waals surface area (Å²) < 4.78 is 13.7. The minimum Gasteiger partial charge on any atom is -0.490 e. The standard InChI is InChI=1S/C21H28N4O5/c1-5-29-16-8-7-15(13-17(16)30-6-2)20(27)25-11-9-24(10-12-25)18-14-19(26)23(4)21(28)22(18)3/h7-8,13-14H,5-6,9-12H2,1-4H3. The van der Waals surface area contributed by atoms with Gasteiger partial charge in [0.25, 0.3) is 11.5 Å². The van der Waals surface area contributed by atoms with Crippen molar-refractivity contribution in [2.24, 2.45) is 14.1 Å². The van der Waals surface area contributed by atoms with Crippen molar-refractivity contribution in [1.82, 2.24) is 14.0 Å². The lowest BCUT2D eigenvalue weighted by molar-refractivity contribution is 0.0745. The highest BCUT2D eigenvalue weighted by atomic mass is 16.5. The van der Waals surface area contributed by atoms with Crippen molar-refractivity contribution >= 4 is 11.7 Å². The van der Waals surface area contributed by atoms with Crippen molar-refractivity contribution in [2.45, 2.75) is 13.8 Å². The average Bonchev–Trinajstić information content (AvgIpc) is 2.76. The topological polar surface area (TPSA) is 86.0 Å². The van der Waals surface area contributed by atoms with Crippen LogP contribution in [0.15, 0.2) is 33.9 Å². The molecule has 9 nitrogen and oxygen atoms in total. The normalized spacial score (nSPS) is 14.0. The molecule has 0 aliphatic carbocycles. The Morgan fingerprint density at radius 3 is 2.17 bits per heavy atom. The summed E-state index contributed by atoms with van der Waals surface area (Å²) in [4.78, 5) is 40.9. The van der Waals surface area contributed by atoms with E-state index in [9.17, 15) is 14.4 Å². The van der Waals surface area contributed by atoms with E-state index < -0.39 is 0 Å². The van der Waals surface area contributed by atoms with Crippen molar-refractivity contribution < 1.29 is 14.3 Å². The molecular formula is C21H28N4O5. The van der Waals surface area contributed by atoms with Crippen LogP contribution >= 0.6 is 0 Å². The molecule has 2 aromatic rings. The molecule has 2 heterocycles. The van der Waals surface area contributed by atoms with Crippen LogP contribution in [0.1, 0.15) is 24.2 Å². The summed E-state index contributed by atoms with van der Waals surface area (Å²) in [5, 5.41) is 0. The highest BCUT2D eigenvalue weighted by molar-refractivity contribution is 5.95. The Morgan fingerprint density at radius 2 is 1.53 bits per heavy atom. The zero-order valence-electron chi connectivity index (χ0n) is 17.9. The lowest BCUT2D eigenvalue weighted by Crippen LogP contribution is -2.51. The van der Waals surface area contributed by atoms with Crippen LogP contribution < -0.4 is 25.6 Å². The van der Waals surface area contributed by atoms with Gasteiger partial charge in [-0.15, -0.1) is 0 Å². The molecule has 30 heavy (non-hydrogen) atoms. The zero-order valence-corrected chi connectivity index (χ0v) is 17.9. The maximum atomic E-state index is 13.0.